The van der Waals surface area contributed by atoms with Gasteiger partial charge < -0.3 is 20.4 Å². The SMILES string of the molecule is CCCCO.CCCCO.CCCCO.CO.[Zr]. The van der Waals surface area contributed by atoms with Crippen LogP contribution >= 0.6 is 0 Å². The van der Waals surface area contributed by atoms with E-state index in [-0.39, 0.29) is 26.2 Å². The molecule has 0 aromatic carbocycles. The molecular weight excluding hydrogens is 311 g/mol. The van der Waals surface area contributed by atoms with E-state index in [0.717, 1.165) is 45.6 Å². The van der Waals surface area contributed by atoms with Crippen molar-refractivity contribution in [2.45, 2.75) is 59.3 Å². The predicted molar refractivity (Wildman–Crippen MR) is 74.1 cm³/mol. The third-order valence-corrected chi connectivity index (χ3v) is 1.54. The number of hydrogen-bond donors (Lipinski definition) is 4. The normalized spacial score (nSPS) is 7.33. The summed E-state index contributed by atoms with van der Waals surface area (Å²) in [5.74, 6) is 0. The summed E-state index contributed by atoms with van der Waals surface area (Å²) in [5.41, 5.74) is 0. The third kappa shape index (κ3) is 91.5. The van der Waals surface area contributed by atoms with Crippen molar-refractivity contribution in [3.63, 3.8) is 0 Å². The zero-order valence-corrected chi connectivity index (χ0v) is 15.1. The average molecular weight is 346 g/mol. The molecule has 0 aliphatic heterocycles. The standard InChI is InChI=1S/3C4H10O.CH4O.Zr/c3*1-2-3-4-5;1-2;/h3*5H,2-4H2,1H3;2H,1H3;. The topological polar surface area (TPSA) is 80.9 Å². The Morgan fingerprint density at radius 3 is 0.722 bits per heavy atom. The summed E-state index contributed by atoms with van der Waals surface area (Å²) in [4.78, 5) is 0. The van der Waals surface area contributed by atoms with Gasteiger partial charge in [-0.2, -0.15) is 0 Å². The van der Waals surface area contributed by atoms with Gasteiger partial charge in [0.05, 0.1) is 0 Å². The molecule has 0 saturated carbocycles. The summed E-state index contributed by atoms with van der Waals surface area (Å²) in [7, 11) is 1.00. The van der Waals surface area contributed by atoms with Crippen LogP contribution in [-0.4, -0.2) is 47.4 Å². The molecule has 0 heterocycles. The van der Waals surface area contributed by atoms with Gasteiger partial charge in [0.25, 0.3) is 0 Å². The van der Waals surface area contributed by atoms with Crippen molar-refractivity contribution in [2.75, 3.05) is 26.9 Å². The molecule has 0 rings (SSSR count). The van der Waals surface area contributed by atoms with Crippen LogP contribution in [0.15, 0.2) is 0 Å². The smallest absolute Gasteiger partial charge is 0.0430 e. The average Bonchev–Trinajstić information content (AvgIpc) is 2.36. The Labute approximate surface area is 133 Å². The molecule has 0 atom stereocenters. The van der Waals surface area contributed by atoms with Crippen molar-refractivity contribution in [1.82, 2.24) is 0 Å². The second-order valence-electron chi connectivity index (χ2n) is 3.23. The first-order chi connectivity index (χ1) is 8.24. The molecule has 0 amide bonds. The number of unbranched alkanes of at least 4 members (excludes halogenated alkanes) is 3. The van der Waals surface area contributed by atoms with Crippen LogP contribution in [0.2, 0.25) is 0 Å². The van der Waals surface area contributed by atoms with Gasteiger partial charge in [-0.05, 0) is 19.3 Å². The Hall–Kier alpha value is 0.723. The van der Waals surface area contributed by atoms with Gasteiger partial charge >= 0.3 is 0 Å². The van der Waals surface area contributed by atoms with E-state index >= 15 is 0 Å². The Bertz CT molecular complexity index is 55.7. The summed E-state index contributed by atoms with van der Waals surface area (Å²) in [5, 5.41) is 31.2. The number of aliphatic hydroxyl groups is 4. The molecule has 0 radical (unpaired) electrons. The molecule has 0 aromatic rings. The predicted octanol–water partition coefficient (Wildman–Crippen LogP) is 1.94. The molecule has 18 heavy (non-hydrogen) atoms. The van der Waals surface area contributed by atoms with E-state index in [2.05, 4.69) is 20.8 Å². The second-order valence-corrected chi connectivity index (χ2v) is 3.23. The van der Waals surface area contributed by atoms with Crippen LogP contribution < -0.4 is 0 Å². The fourth-order valence-electron chi connectivity index (χ4n) is 0.474. The van der Waals surface area contributed by atoms with Gasteiger partial charge in [-0.1, -0.05) is 40.0 Å². The molecule has 0 unspecified atom stereocenters. The maximum absolute atomic E-state index is 8.07. The van der Waals surface area contributed by atoms with Crippen LogP contribution in [0.5, 0.6) is 0 Å². The Morgan fingerprint density at radius 2 is 0.722 bits per heavy atom. The van der Waals surface area contributed by atoms with Crippen LogP contribution in [0.1, 0.15) is 59.3 Å². The van der Waals surface area contributed by atoms with E-state index in [4.69, 9.17) is 20.4 Å². The quantitative estimate of drug-likeness (QED) is 0.593. The van der Waals surface area contributed by atoms with Crippen LogP contribution in [0.4, 0.5) is 0 Å². The second kappa shape index (κ2) is 52.4. The van der Waals surface area contributed by atoms with Crippen molar-refractivity contribution in [2.24, 2.45) is 0 Å². The van der Waals surface area contributed by atoms with E-state index in [9.17, 15) is 0 Å². The van der Waals surface area contributed by atoms with Gasteiger partial charge in [0.1, 0.15) is 0 Å². The van der Waals surface area contributed by atoms with Crippen LogP contribution in [0, 0.1) is 0 Å². The van der Waals surface area contributed by atoms with Crippen molar-refractivity contribution < 1.29 is 46.6 Å². The summed E-state index contributed by atoms with van der Waals surface area (Å²) >= 11 is 0. The van der Waals surface area contributed by atoms with E-state index in [0.29, 0.717) is 19.8 Å². The molecule has 0 fully saturated rings. The molecule has 5 heteroatoms. The zero-order valence-electron chi connectivity index (χ0n) is 12.7. The van der Waals surface area contributed by atoms with Crippen LogP contribution in [0.3, 0.4) is 0 Å². The summed E-state index contributed by atoms with van der Waals surface area (Å²) < 4.78 is 0. The van der Waals surface area contributed by atoms with Crippen molar-refractivity contribution in [3.05, 3.63) is 0 Å². The van der Waals surface area contributed by atoms with Gasteiger partial charge in [0.15, 0.2) is 0 Å². The van der Waals surface area contributed by atoms with E-state index < -0.39 is 0 Å². The maximum Gasteiger partial charge on any atom is 0.0430 e. The zero-order chi connectivity index (χ0) is 14.4. The third-order valence-electron chi connectivity index (χ3n) is 1.54. The van der Waals surface area contributed by atoms with Crippen molar-refractivity contribution in [1.29, 1.82) is 0 Å². The maximum atomic E-state index is 8.07. The summed E-state index contributed by atoms with van der Waals surface area (Å²) in [6.45, 7) is 7.19. The Balaban J connectivity index is -0.0000000427. The summed E-state index contributed by atoms with van der Waals surface area (Å²) in [6.07, 6.45) is 6.11. The van der Waals surface area contributed by atoms with Gasteiger partial charge in [-0.15, -0.1) is 0 Å². The van der Waals surface area contributed by atoms with Crippen molar-refractivity contribution in [3.8, 4) is 0 Å². The van der Waals surface area contributed by atoms with Crippen LogP contribution in [0.25, 0.3) is 0 Å². The molecule has 0 bridgehead atoms. The summed E-state index contributed by atoms with van der Waals surface area (Å²) in [6, 6.07) is 0. The van der Waals surface area contributed by atoms with Gasteiger partial charge in [-0.3, -0.25) is 0 Å². The first-order valence-electron chi connectivity index (χ1n) is 6.52. The van der Waals surface area contributed by atoms with Crippen molar-refractivity contribution >= 4 is 0 Å². The van der Waals surface area contributed by atoms with Crippen LogP contribution in [-0.2, 0) is 26.2 Å². The largest absolute Gasteiger partial charge is 0.400 e. The first kappa shape index (κ1) is 31.2. The molecule has 0 aliphatic rings. The Morgan fingerprint density at radius 1 is 0.556 bits per heavy atom. The molecule has 0 saturated heterocycles. The van der Waals surface area contributed by atoms with E-state index in [1.165, 1.54) is 0 Å². The van der Waals surface area contributed by atoms with Gasteiger partial charge in [0, 0.05) is 53.1 Å². The molecule has 0 aromatic heterocycles. The Kier molecular flexibility index (Phi) is 91.0. The molecule has 4 N–H and O–H groups in total. The molecular formula is C13H34O4Zr. The fourth-order valence-corrected chi connectivity index (χ4v) is 0.474. The van der Waals surface area contributed by atoms with E-state index in [1.807, 2.05) is 0 Å². The first-order valence-corrected chi connectivity index (χ1v) is 6.52. The molecule has 4 nitrogen and oxygen atoms in total. The fraction of sp³-hybridized carbons (Fsp3) is 1.00. The minimum Gasteiger partial charge on any atom is -0.400 e. The number of hydrogen-bond acceptors (Lipinski definition) is 4. The molecule has 0 spiro atoms. The molecule has 0 aliphatic carbocycles. The van der Waals surface area contributed by atoms with E-state index in [1.54, 1.807) is 0 Å². The number of aliphatic hydroxyl groups excluding tert-OH is 4. The van der Waals surface area contributed by atoms with Gasteiger partial charge in [0.2, 0.25) is 0 Å². The molecule has 114 valence electrons. The van der Waals surface area contributed by atoms with Gasteiger partial charge in [-0.25, -0.2) is 0 Å². The number of rotatable bonds is 6. The minimum atomic E-state index is 0. The minimum absolute atomic E-state index is 0. The monoisotopic (exact) mass is 344 g/mol.